The van der Waals surface area contributed by atoms with E-state index in [1.54, 1.807) is 6.08 Å². The predicted octanol–water partition coefficient (Wildman–Crippen LogP) is 4.92. The predicted molar refractivity (Wildman–Crippen MR) is 116 cm³/mol. The summed E-state index contributed by atoms with van der Waals surface area (Å²) in [6.45, 7) is 10.6. The topological polar surface area (TPSA) is 49.9 Å². The van der Waals surface area contributed by atoms with E-state index in [9.17, 15) is 9.59 Å². The van der Waals surface area contributed by atoms with Gasteiger partial charge in [-0.25, -0.2) is 9.69 Å². The first-order chi connectivity index (χ1) is 14.0. The molecule has 0 atom stereocenters. The van der Waals surface area contributed by atoms with Gasteiger partial charge in [-0.05, 0) is 67.7 Å². The molecule has 1 aliphatic heterocycles. The van der Waals surface area contributed by atoms with Gasteiger partial charge in [-0.1, -0.05) is 37.3 Å². The number of aryl methyl sites for hydroxylation is 2. The first-order valence-corrected chi connectivity index (χ1v) is 10.2. The maximum atomic E-state index is 12.7. The summed E-state index contributed by atoms with van der Waals surface area (Å²) in [7, 11) is 0. The second-order valence-corrected chi connectivity index (χ2v) is 7.12. The Kier molecular flexibility index (Phi) is 6.37. The van der Waals surface area contributed by atoms with Gasteiger partial charge in [0.05, 0.1) is 6.54 Å². The molecule has 0 radical (unpaired) electrons. The van der Waals surface area contributed by atoms with Crippen LogP contribution >= 0.6 is 0 Å². The number of benzene rings is 2. The third-order valence-corrected chi connectivity index (χ3v) is 5.22. The van der Waals surface area contributed by atoms with Crippen LogP contribution < -0.4 is 4.90 Å². The van der Waals surface area contributed by atoms with E-state index in [1.807, 2.05) is 36.4 Å². The number of hydrogen-bond acceptors (Lipinski definition) is 4. The zero-order valence-electron chi connectivity index (χ0n) is 17.6. The molecule has 3 rings (SSSR count). The smallest absolute Gasteiger partial charge is 0.404 e. The summed E-state index contributed by atoms with van der Waals surface area (Å²) in [5.74, 6) is -0.328. The summed E-state index contributed by atoms with van der Waals surface area (Å²) in [5, 5.41) is 0. The molecule has 5 nitrogen and oxygen atoms in total. The van der Waals surface area contributed by atoms with Crippen molar-refractivity contribution in [3.05, 3.63) is 70.5 Å². The molecule has 0 bridgehead atoms. The van der Waals surface area contributed by atoms with Crippen molar-refractivity contribution in [3.8, 4) is 0 Å². The van der Waals surface area contributed by atoms with Crippen molar-refractivity contribution in [2.24, 2.45) is 0 Å². The maximum absolute atomic E-state index is 12.7. The van der Waals surface area contributed by atoms with Crippen molar-refractivity contribution in [2.45, 2.75) is 40.7 Å². The highest BCUT2D eigenvalue weighted by molar-refractivity contribution is 6.09. The second kappa shape index (κ2) is 8.95. The average Bonchev–Trinajstić information content (AvgIpc) is 2.98. The fourth-order valence-electron chi connectivity index (χ4n) is 3.78. The minimum atomic E-state index is -0.627. The van der Waals surface area contributed by atoms with Crippen LogP contribution in [0.4, 0.5) is 10.5 Å². The van der Waals surface area contributed by atoms with Crippen LogP contribution in [-0.4, -0.2) is 30.0 Å². The van der Waals surface area contributed by atoms with E-state index in [1.165, 1.54) is 11.3 Å². The normalized spacial score (nSPS) is 15.2. The maximum Gasteiger partial charge on any atom is 0.422 e. The summed E-state index contributed by atoms with van der Waals surface area (Å²) >= 11 is 0. The van der Waals surface area contributed by atoms with Gasteiger partial charge in [0.25, 0.3) is 5.91 Å². The molecule has 0 unspecified atom stereocenters. The number of hydrogen-bond donors (Lipinski definition) is 0. The molecule has 0 aromatic heterocycles. The highest BCUT2D eigenvalue weighted by Gasteiger charge is 2.36. The Morgan fingerprint density at radius 1 is 1.03 bits per heavy atom. The lowest BCUT2D eigenvalue weighted by Crippen LogP contribution is -2.28. The van der Waals surface area contributed by atoms with E-state index in [2.05, 4.69) is 38.7 Å². The standard InChI is InChI=1S/C24H28N2O3/c1-5-20-14-19(13-17(4)22(20)25(6-2)7-3)15-21-23(27)26(24(28)29-21)16-18-11-9-8-10-12-18/h8-15H,5-7,16H2,1-4H3/b21-15+. The molecule has 0 saturated carbocycles. The summed E-state index contributed by atoms with van der Waals surface area (Å²) in [6, 6.07) is 13.5. The lowest BCUT2D eigenvalue weighted by atomic mass is 9.99. The van der Waals surface area contributed by atoms with E-state index in [0.29, 0.717) is 0 Å². The number of cyclic esters (lactones) is 1. The first kappa shape index (κ1) is 20.6. The fraction of sp³-hybridized carbons (Fsp3) is 0.333. The molecule has 2 amide bonds. The van der Waals surface area contributed by atoms with Crippen LogP contribution in [0.3, 0.4) is 0 Å². The minimum absolute atomic E-state index is 0.0722. The lowest BCUT2D eigenvalue weighted by molar-refractivity contribution is -0.123. The Labute approximate surface area is 172 Å². The summed E-state index contributed by atoms with van der Waals surface area (Å²) in [5.41, 5.74) is 5.37. The SMILES string of the molecule is CCc1cc(/C=C2/OC(=O)N(Cc3ccccc3)C2=O)cc(C)c1N(CC)CC. The van der Waals surface area contributed by atoms with Gasteiger partial charge in [0.15, 0.2) is 5.76 Å². The monoisotopic (exact) mass is 392 g/mol. The molecule has 152 valence electrons. The van der Waals surface area contributed by atoms with E-state index in [0.717, 1.165) is 41.1 Å². The Balaban J connectivity index is 1.89. The van der Waals surface area contributed by atoms with Gasteiger partial charge in [0, 0.05) is 18.8 Å². The van der Waals surface area contributed by atoms with Crippen molar-refractivity contribution < 1.29 is 14.3 Å². The van der Waals surface area contributed by atoms with Crippen LogP contribution in [0.5, 0.6) is 0 Å². The molecule has 0 N–H and O–H groups in total. The zero-order valence-corrected chi connectivity index (χ0v) is 17.6. The van der Waals surface area contributed by atoms with Gasteiger partial charge in [0.2, 0.25) is 0 Å². The zero-order chi connectivity index (χ0) is 21.0. The largest absolute Gasteiger partial charge is 0.422 e. The quantitative estimate of drug-likeness (QED) is 0.628. The second-order valence-electron chi connectivity index (χ2n) is 7.12. The fourth-order valence-corrected chi connectivity index (χ4v) is 3.78. The van der Waals surface area contributed by atoms with Crippen LogP contribution in [-0.2, 0) is 22.5 Å². The number of rotatable bonds is 7. The number of nitrogens with zero attached hydrogens (tertiary/aromatic N) is 2. The Morgan fingerprint density at radius 2 is 1.72 bits per heavy atom. The van der Waals surface area contributed by atoms with Crippen molar-refractivity contribution in [2.75, 3.05) is 18.0 Å². The lowest BCUT2D eigenvalue weighted by Gasteiger charge is -2.26. The first-order valence-electron chi connectivity index (χ1n) is 10.2. The minimum Gasteiger partial charge on any atom is -0.404 e. The highest BCUT2D eigenvalue weighted by Crippen LogP contribution is 2.29. The number of imide groups is 1. The van der Waals surface area contributed by atoms with Crippen LogP contribution in [0.25, 0.3) is 6.08 Å². The van der Waals surface area contributed by atoms with Crippen LogP contribution in [0, 0.1) is 6.92 Å². The molecule has 2 aromatic carbocycles. The summed E-state index contributed by atoms with van der Waals surface area (Å²) in [6.07, 6.45) is 1.93. The van der Waals surface area contributed by atoms with Gasteiger partial charge in [-0.15, -0.1) is 0 Å². The Bertz CT molecular complexity index is 931. The molecule has 29 heavy (non-hydrogen) atoms. The average molecular weight is 392 g/mol. The summed E-state index contributed by atoms with van der Waals surface area (Å²) in [4.78, 5) is 28.5. The van der Waals surface area contributed by atoms with Gasteiger partial charge >= 0.3 is 6.09 Å². The number of ether oxygens (including phenoxy) is 1. The molecule has 0 spiro atoms. The molecule has 2 aromatic rings. The van der Waals surface area contributed by atoms with Crippen LogP contribution in [0.2, 0.25) is 0 Å². The number of carbonyl (C=O) groups excluding carboxylic acids is 2. The van der Waals surface area contributed by atoms with Crippen molar-refractivity contribution >= 4 is 23.8 Å². The number of carbonyl (C=O) groups is 2. The summed E-state index contributed by atoms with van der Waals surface area (Å²) < 4.78 is 5.28. The van der Waals surface area contributed by atoms with E-state index in [-0.39, 0.29) is 12.3 Å². The molecular weight excluding hydrogens is 364 g/mol. The third kappa shape index (κ3) is 4.34. The third-order valence-electron chi connectivity index (χ3n) is 5.22. The highest BCUT2D eigenvalue weighted by atomic mass is 16.6. The van der Waals surface area contributed by atoms with Crippen molar-refractivity contribution in [1.82, 2.24) is 4.90 Å². The molecule has 1 heterocycles. The van der Waals surface area contributed by atoms with Gasteiger partial charge in [-0.2, -0.15) is 0 Å². The number of anilines is 1. The Morgan fingerprint density at radius 3 is 2.34 bits per heavy atom. The van der Waals surface area contributed by atoms with Crippen LogP contribution in [0.15, 0.2) is 48.2 Å². The van der Waals surface area contributed by atoms with Gasteiger partial charge < -0.3 is 9.64 Å². The van der Waals surface area contributed by atoms with E-state index < -0.39 is 12.0 Å². The van der Waals surface area contributed by atoms with E-state index >= 15 is 0 Å². The molecular formula is C24H28N2O3. The van der Waals surface area contributed by atoms with Gasteiger partial charge in [0.1, 0.15) is 0 Å². The molecule has 5 heteroatoms. The van der Waals surface area contributed by atoms with Crippen molar-refractivity contribution in [3.63, 3.8) is 0 Å². The molecule has 1 saturated heterocycles. The van der Waals surface area contributed by atoms with Crippen molar-refractivity contribution in [1.29, 1.82) is 0 Å². The number of amides is 2. The van der Waals surface area contributed by atoms with Gasteiger partial charge in [-0.3, -0.25) is 4.79 Å². The molecule has 0 aliphatic carbocycles. The van der Waals surface area contributed by atoms with E-state index in [4.69, 9.17) is 4.74 Å². The van der Waals surface area contributed by atoms with Crippen LogP contribution in [0.1, 0.15) is 43.0 Å². The Hall–Kier alpha value is -3.08. The molecule has 1 aliphatic rings. The molecule has 1 fully saturated rings.